The van der Waals surface area contributed by atoms with Gasteiger partial charge >= 0.3 is 6.03 Å². The van der Waals surface area contributed by atoms with E-state index in [0.29, 0.717) is 5.69 Å². The number of halogens is 1. The number of carbonyl (C=O) groups is 3. The van der Waals surface area contributed by atoms with Crippen LogP contribution in [0.2, 0.25) is 0 Å². The molecule has 1 saturated carbocycles. The van der Waals surface area contributed by atoms with Gasteiger partial charge in [-0.2, -0.15) is 0 Å². The number of rotatable bonds is 6. The van der Waals surface area contributed by atoms with Crippen LogP contribution >= 0.6 is 27.7 Å². The molecule has 0 spiro atoms. The Hall–Kier alpha value is -2.32. The van der Waals surface area contributed by atoms with Gasteiger partial charge in [-0.05, 0) is 74.2 Å². The molecule has 4 amide bonds. The molecule has 1 saturated heterocycles. The Morgan fingerprint density at radius 2 is 1.72 bits per heavy atom. The zero-order chi connectivity index (χ0) is 20.6. The SMILES string of the molecule is C[C@@]1(C2CC2)NC(=O)N(CC(=O)Nc2ccc(Sc3ccc(Br)cc3)cc2)C1=O. The number of benzene rings is 2. The Morgan fingerprint density at radius 1 is 1.14 bits per heavy atom. The first-order valence-electron chi connectivity index (χ1n) is 9.32. The second-order valence-electron chi connectivity index (χ2n) is 7.43. The first-order chi connectivity index (χ1) is 13.8. The quantitative estimate of drug-likeness (QED) is 0.614. The molecule has 2 aromatic carbocycles. The van der Waals surface area contributed by atoms with Crippen LogP contribution in [0.4, 0.5) is 10.5 Å². The van der Waals surface area contributed by atoms with Gasteiger partial charge in [-0.3, -0.25) is 14.5 Å². The molecule has 2 N–H and O–H groups in total. The molecule has 2 aromatic rings. The Labute approximate surface area is 181 Å². The van der Waals surface area contributed by atoms with Gasteiger partial charge in [0.15, 0.2) is 0 Å². The predicted molar refractivity (Wildman–Crippen MR) is 115 cm³/mol. The predicted octanol–water partition coefficient (Wildman–Crippen LogP) is 4.26. The first-order valence-corrected chi connectivity index (χ1v) is 10.9. The summed E-state index contributed by atoms with van der Waals surface area (Å²) in [6.07, 6.45) is 1.85. The highest BCUT2D eigenvalue weighted by atomic mass is 79.9. The fourth-order valence-corrected chi connectivity index (χ4v) is 4.47. The molecule has 150 valence electrons. The molecule has 1 aliphatic carbocycles. The van der Waals surface area contributed by atoms with E-state index in [2.05, 4.69) is 26.6 Å². The molecule has 2 fully saturated rings. The van der Waals surface area contributed by atoms with Crippen molar-refractivity contribution in [2.24, 2.45) is 5.92 Å². The van der Waals surface area contributed by atoms with Crippen molar-refractivity contribution < 1.29 is 14.4 Å². The lowest BCUT2D eigenvalue weighted by Gasteiger charge is -2.20. The highest BCUT2D eigenvalue weighted by molar-refractivity contribution is 9.10. The molecule has 6 nitrogen and oxygen atoms in total. The van der Waals surface area contributed by atoms with Crippen LogP contribution in [-0.2, 0) is 9.59 Å². The number of anilines is 1. The van der Waals surface area contributed by atoms with Crippen molar-refractivity contribution in [1.82, 2.24) is 10.2 Å². The fraction of sp³-hybridized carbons (Fsp3) is 0.286. The number of nitrogens with one attached hydrogen (secondary N) is 2. The Kier molecular flexibility index (Phi) is 5.40. The van der Waals surface area contributed by atoms with E-state index in [0.717, 1.165) is 32.0 Å². The Bertz CT molecular complexity index is 960. The summed E-state index contributed by atoms with van der Waals surface area (Å²) in [7, 11) is 0. The maximum absolute atomic E-state index is 12.6. The molecule has 0 aromatic heterocycles. The first kappa shape index (κ1) is 20.0. The third kappa shape index (κ3) is 4.33. The summed E-state index contributed by atoms with van der Waals surface area (Å²) >= 11 is 5.04. The third-order valence-electron chi connectivity index (χ3n) is 5.18. The van der Waals surface area contributed by atoms with Crippen LogP contribution < -0.4 is 10.6 Å². The molecule has 2 aliphatic rings. The van der Waals surface area contributed by atoms with E-state index in [9.17, 15) is 14.4 Å². The van der Waals surface area contributed by atoms with Gasteiger partial charge < -0.3 is 10.6 Å². The molecule has 0 unspecified atom stereocenters. The van der Waals surface area contributed by atoms with E-state index in [1.165, 1.54) is 0 Å². The monoisotopic (exact) mass is 473 g/mol. The molecule has 1 atom stereocenters. The minimum atomic E-state index is -0.872. The summed E-state index contributed by atoms with van der Waals surface area (Å²) < 4.78 is 1.03. The van der Waals surface area contributed by atoms with E-state index in [1.54, 1.807) is 30.8 Å². The van der Waals surface area contributed by atoms with Gasteiger partial charge in [-0.25, -0.2) is 4.79 Å². The molecule has 1 heterocycles. The Morgan fingerprint density at radius 3 is 2.31 bits per heavy atom. The molecule has 8 heteroatoms. The van der Waals surface area contributed by atoms with E-state index in [1.807, 2.05) is 36.4 Å². The lowest BCUT2D eigenvalue weighted by molar-refractivity contribution is -0.134. The van der Waals surface area contributed by atoms with Crippen LogP contribution in [0.5, 0.6) is 0 Å². The number of hydrogen-bond donors (Lipinski definition) is 2. The maximum Gasteiger partial charge on any atom is 0.325 e. The van der Waals surface area contributed by atoms with E-state index >= 15 is 0 Å². The van der Waals surface area contributed by atoms with Crippen LogP contribution in [0, 0.1) is 5.92 Å². The van der Waals surface area contributed by atoms with E-state index in [4.69, 9.17) is 0 Å². The average molecular weight is 474 g/mol. The standard InChI is InChI=1S/C21H20BrN3O3S/c1-21(13-2-3-13)19(27)25(20(28)24-21)12-18(26)23-15-6-10-17(11-7-15)29-16-8-4-14(22)5-9-16/h4-11,13H,2-3,12H2,1H3,(H,23,26)(H,24,28)/t21-/m0/s1. The minimum absolute atomic E-state index is 0.169. The minimum Gasteiger partial charge on any atom is -0.325 e. The van der Waals surface area contributed by atoms with Crippen molar-refractivity contribution in [3.05, 3.63) is 53.0 Å². The van der Waals surface area contributed by atoms with Crippen molar-refractivity contribution in [1.29, 1.82) is 0 Å². The van der Waals surface area contributed by atoms with Crippen molar-refractivity contribution in [3.63, 3.8) is 0 Å². The molecule has 0 bridgehead atoms. The smallest absolute Gasteiger partial charge is 0.325 e. The lowest BCUT2D eigenvalue weighted by atomic mass is 9.96. The zero-order valence-corrected chi connectivity index (χ0v) is 18.2. The van der Waals surface area contributed by atoms with E-state index < -0.39 is 17.5 Å². The Balaban J connectivity index is 1.34. The summed E-state index contributed by atoms with van der Waals surface area (Å²) in [5.41, 5.74) is -0.254. The van der Waals surface area contributed by atoms with Gasteiger partial charge in [-0.1, -0.05) is 27.7 Å². The molecule has 0 radical (unpaired) electrons. The average Bonchev–Trinajstić information content (AvgIpc) is 3.51. The second-order valence-corrected chi connectivity index (χ2v) is 9.49. The van der Waals surface area contributed by atoms with Gasteiger partial charge in [0.1, 0.15) is 12.1 Å². The second kappa shape index (κ2) is 7.84. The fourth-order valence-electron chi connectivity index (χ4n) is 3.39. The van der Waals surface area contributed by atoms with Crippen LogP contribution in [0.3, 0.4) is 0 Å². The zero-order valence-electron chi connectivity index (χ0n) is 15.8. The summed E-state index contributed by atoms with van der Waals surface area (Å²) in [6.45, 7) is 1.45. The molecular weight excluding hydrogens is 454 g/mol. The number of hydrogen-bond acceptors (Lipinski definition) is 4. The summed E-state index contributed by atoms with van der Waals surface area (Å²) in [5.74, 6) is -0.550. The van der Waals surface area contributed by atoms with Gasteiger partial charge in [-0.15, -0.1) is 0 Å². The van der Waals surface area contributed by atoms with Gasteiger partial charge in [0.25, 0.3) is 5.91 Å². The number of carbonyl (C=O) groups excluding carboxylic acids is 3. The number of urea groups is 1. The van der Waals surface area contributed by atoms with Crippen LogP contribution in [0.1, 0.15) is 19.8 Å². The van der Waals surface area contributed by atoms with Gasteiger partial charge in [0.2, 0.25) is 5.91 Å². The third-order valence-corrected chi connectivity index (χ3v) is 6.73. The van der Waals surface area contributed by atoms with Crippen molar-refractivity contribution in [2.75, 3.05) is 11.9 Å². The van der Waals surface area contributed by atoms with Crippen molar-refractivity contribution in [3.8, 4) is 0 Å². The van der Waals surface area contributed by atoms with Crippen molar-refractivity contribution in [2.45, 2.75) is 35.1 Å². The van der Waals surface area contributed by atoms with Gasteiger partial charge in [0.05, 0.1) is 0 Å². The van der Waals surface area contributed by atoms with E-state index in [-0.39, 0.29) is 18.4 Å². The topological polar surface area (TPSA) is 78.5 Å². The molecule has 29 heavy (non-hydrogen) atoms. The number of imide groups is 1. The maximum atomic E-state index is 12.6. The highest BCUT2D eigenvalue weighted by Crippen LogP contribution is 2.42. The molecule has 4 rings (SSSR count). The molecular formula is C21H20BrN3O3S. The van der Waals surface area contributed by atoms with Crippen LogP contribution in [0.15, 0.2) is 62.8 Å². The van der Waals surface area contributed by atoms with Crippen molar-refractivity contribution >= 4 is 51.2 Å². The molecule has 1 aliphatic heterocycles. The summed E-state index contributed by atoms with van der Waals surface area (Å²) in [5, 5.41) is 5.50. The summed E-state index contributed by atoms with van der Waals surface area (Å²) in [4.78, 5) is 40.3. The van der Waals surface area contributed by atoms with Crippen LogP contribution in [0.25, 0.3) is 0 Å². The largest absolute Gasteiger partial charge is 0.325 e. The lowest BCUT2D eigenvalue weighted by Crippen LogP contribution is -2.46. The normalized spacial score (nSPS) is 21.2. The van der Waals surface area contributed by atoms with Crippen LogP contribution in [-0.4, -0.2) is 34.8 Å². The van der Waals surface area contributed by atoms with Gasteiger partial charge in [0, 0.05) is 20.0 Å². The highest BCUT2D eigenvalue weighted by Gasteiger charge is 2.56. The number of nitrogens with zero attached hydrogens (tertiary/aromatic N) is 1. The number of amides is 4. The summed E-state index contributed by atoms with van der Waals surface area (Å²) in [6, 6.07) is 15.0.